The van der Waals surface area contributed by atoms with E-state index in [1.807, 2.05) is 0 Å². The van der Waals surface area contributed by atoms with Crippen LogP contribution in [0.3, 0.4) is 0 Å². The summed E-state index contributed by atoms with van der Waals surface area (Å²) < 4.78 is 0. The Morgan fingerprint density at radius 3 is 2.62 bits per heavy atom. The van der Waals surface area contributed by atoms with Gasteiger partial charge in [-0.15, -0.1) is 0 Å². The van der Waals surface area contributed by atoms with Gasteiger partial charge in [0.1, 0.15) is 0 Å². The summed E-state index contributed by atoms with van der Waals surface area (Å²) in [4.78, 5) is 0. The van der Waals surface area contributed by atoms with Crippen molar-refractivity contribution in [3.8, 4) is 11.8 Å². The molecule has 0 radical (unpaired) electrons. The number of aliphatic hydroxyl groups is 1. The lowest BCUT2D eigenvalue weighted by atomic mass is 10.2. The van der Waals surface area contributed by atoms with E-state index in [4.69, 9.17) is 28.3 Å². The number of hydrogen-bond donors (Lipinski definition) is 1. The Morgan fingerprint density at radius 2 is 2.00 bits per heavy atom. The zero-order chi connectivity index (χ0) is 9.68. The topological polar surface area (TPSA) is 20.2 Å². The molecule has 3 heteroatoms. The summed E-state index contributed by atoms with van der Waals surface area (Å²) in [6.45, 7) is 0.0777. The summed E-state index contributed by atoms with van der Waals surface area (Å²) in [6, 6.07) is 5.19. The first-order chi connectivity index (χ1) is 6.24. The molecule has 0 heterocycles. The summed E-state index contributed by atoms with van der Waals surface area (Å²) in [5, 5.41) is 9.51. The molecule has 0 bridgehead atoms. The fraction of sp³-hybridized carbons (Fsp3) is 0.200. The van der Waals surface area contributed by atoms with E-state index in [2.05, 4.69) is 11.8 Å². The van der Waals surface area contributed by atoms with Crippen LogP contribution in [0.5, 0.6) is 0 Å². The minimum atomic E-state index is 0.0777. The van der Waals surface area contributed by atoms with Crippen molar-refractivity contribution in [1.82, 2.24) is 0 Å². The van der Waals surface area contributed by atoms with Gasteiger partial charge in [-0.3, -0.25) is 0 Å². The van der Waals surface area contributed by atoms with Gasteiger partial charge in [0.05, 0.1) is 16.7 Å². The molecular weight excluding hydrogens is 207 g/mol. The van der Waals surface area contributed by atoms with Crippen LogP contribution in [0.1, 0.15) is 12.0 Å². The molecule has 1 nitrogen and oxygen atoms in total. The molecule has 0 spiro atoms. The van der Waals surface area contributed by atoms with Gasteiger partial charge in [0.25, 0.3) is 0 Å². The van der Waals surface area contributed by atoms with E-state index in [1.54, 1.807) is 18.2 Å². The SMILES string of the molecule is OCCC#Cc1ccc(Cl)c(Cl)c1. The van der Waals surface area contributed by atoms with Crippen LogP contribution in [0, 0.1) is 11.8 Å². The van der Waals surface area contributed by atoms with E-state index in [-0.39, 0.29) is 6.61 Å². The molecule has 1 aromatic rings. The zero-order valence-corrected chi connectivity index (χ0v) is 8.36. The predicted octanol–water partition coefficient (Wildman–Crippen LogP) is 2.73. The van der Waals surface area contributed by atoms with Crippen LogP contribution < -0.4 is 0 Å². The summed E-state index contributed by atoms with van der Waals surface area (Å²) in [6.07, 6.45) is 0.472. The minimum Gasteiger partial charge on any atom is -0.395 e. The first kappa shape index (κ1) is 10.4. The van der Waals surface area contributed by atoms with E-state index in [1.165, 1.54) is 0 Å². The Morgan fingerprint density at radius 1 is 1.23 bits per heavy atom. The largest absolute Gasteiger partial charge is 0.395 e. The zero-order valence-electron chi connectivity index (χ0n) is 6.85. The molecule has 0 fully saturated rings. The first-order valence-corrected chi connectivity index (χ1v) is 4.54. The number of aliphatic hydroxyl groups excluding tert-OH is 1. The maximum absolute atomic E-state index is 8.49. The highest BCUT2D eigenvalue weighted by Crippen LogP contribution is 2.21. The van der Waals surface area contributed by atoms with E-state index in [0.717, 1.165) is 5.56 Å². The molecule has 0 aliphatic rings. The smallest absolute Gasteiger partial charge is 0.0604 e. The third-order valence-electron chi connectivity index (χ3n) is 1.39. The monoisotopic (exact) mass is 214 g/mol. The lowest BCUT2D eigenvalue weighted by Gasteiger charge is -1.94. The molecule has 0 atom stereocenters. The standard InChI is InChI=1S/C10H8Cl2O/c11-9-5-4-8(7-10(9)12)3-1-2-6-13/h4-5,7,13H,2,6H2. The Balaban J connectivity index is 2.81. The van der Waals surface area contributed by atoms with Crippen LogP contribution in [0.25, 0.3) is 0 Å². The molecule has 0 saturated carbocycles. The summed E-state index contributed by atoms with van der Waals surface area (Å²) in [5.74, 6) is 5.66. The summed E-state index contributed by atoms with van der Waals surface area (Å²) in [7, 11) is 0. The Hall–Kier alpha value is -0.680. The maximum atomic E-state index is 8.49. The molecule has 68 valence electrons. The molecule has 0 aromatic heterocycles. The van der Waals surface area contributed by atoms with Crippen molar-refractivity contribution >= 4 is 23.2 Å². The van der Waals surface area contributed by atoms with Gasteiger partial charge in [-0.1, -0.05) is 35.0 Å². The van der Waals surface area contributed by atoms with E-state index >= 15 is 0 Å². The molecular formula is C10H8Cl2O. The van der Waals surface area contributed by atoms with Gasteiger partial charge >= 0.3 is 0 Å². The van der Waals surface area contributed by atoms with Crippen molar-refractivity contribution in [3.05, 3.63) is 33.8 Å². The van der Waals surface area contributed by atoms with Crippen LogP contribution in [-0.4, -0.2) is 11.7 Å². The Kier molecular flexibility index (Phi) is 4.11. The minimum absolute atomic E-state index is 0.0777. The predicted molar refractivity (Wildman–Crippen MR) is 55.0 cm³/mol. The van der Waals surface area contributed by atoms with Crippen LogP contribution in [0.15, 0.2) is 18.2 Å². The summed E-state index contributed by atoms with van der Waals surface area (Å²) in [5.41, 5.74) is 0.808. The van der Waals surface area contributed by atoms with Gasteiger partial charge in [-0.05, 0) is 18.2 Å². The number of benzene rings is 1. The number of rotatable bonds is 1. The van der Waals surface area contributed by atoms with Crippen LogP contribution in [-0.2, 0) is 0 Å². The van der Waals surface area contributed by atoms with Gasteiger partial charge in [0, 0.05) is 12.0 Å². The molecule has 1 rings (SSSR count). The van der Waals surface area contributed by atoms with Gasteiger partial charge in [0.2, 0.25) is 0 Å². The molecule has 0 unspecified atom stereocenters. The molecule has 0 amide bonds. The van der Waals surface area contributed by atoms with Crippen molar-refractivity contribution in [1.29, 1.82) is 0 Å². The second-order valence-electron chi connectivity index (χ2n) is 2.40. The average Bonchev–Trinajstić information content (AvgIpc) is 2.12. The highest BCUT2D eigenvalue weighted by molar-refractivity contribution is 6.42. The lowest BCUT2D eigenvalue weighted by molar-refractivity contribution is 0.305. The number of halogens is 2. The molecule has 0 saturated heterocycles. The molecule has 1 aromatic carbocycles. The van der Waals surface area contributed by atoms with E-state index < -0.39 is 0 Å². The van der Waals surface area contributed by atoms with E-state index in [9.17, 15) is 0 Å². The van der Waals surface area contributed by atoms with Crippen LogP contribution in [0.4, 0.5) is 0 Å². The fourth-order valence-corrected chi connectivity index (χ4v) is 1.09. The Labute approximate surface area is 87.3 Å². The quantitative estimate of drug-likeness (QED) is 0.714. The van der Waals surface area contributed by atoms with Crippen LogP contribution in [0.2, 0.25) is 10.0 Å². The third kappa shape index (κ3) is 3.28. The highest BCUT2D eigenvalue weighted by atomic mass is 35.5. The van der Waals surface area contributed by atoms with Crippen molar-refractivity contribution in [2.45, 2.75) is 6.42 Å². The molecule has 0 aliphatic heterocycles. The van der Waals surface area contributed by atoms with Gasteiger partial charge in [0.15, 0.2) is 0 Å². The van der Waals surface area contributed by atoms with Crippen molar-refractivity contribution < 1.29 is 5.11 Å². The van der Waals surface area contributed by atoms with Gasteiger partial charge < -0.3 is 5.11 Å². The normalized spacial score (nSPS) is 9.15. The lowest BCUT2D eigenvalue weighted by Crippen LogP contribution is -1.78. The maximum Gasteiger partial charge on any atom is 0.0604 e. The second-order valence-corrected chi connectivity index (χ2v) is 3.22. The second kappa shape index (κ2) is 5.14. The Bertz CT molecular complexity index is 350. The fourth-order valence-electron chi connectivity index (χ4n) is 0.794. The highest BCUT2D eigenvalue weighted by Gasteiger charge is 1.95. The number of hydrogen-bond acceptors (Lipinski definition) is 1. The van der Waals surface area contributed by atoms with Crippen LogP contribution >= 0.6 is 23.2 Å². The molecule has 1 N–H and O–H groups in total. The summed E-state index contributed by atoms with van der Waals surface area (Å²) >= 11 is 11.5. The molecule has 0 aliphatic carbocycles. The third-order valence-corrected chi connectivity index (χ3v) is 2.13. The first-order valence-electron chi connectivity index (χ1n) is 3.79. The average molecular weight is 215 g/mol. The van der Waals surface area contributed by atoms with E-state index in [0.29, 0.717) is 16.5 Å². The molecule has 13 heavy (non-hydrogen) atoms. The van der Waals surface area contributed by atoms with Crippen molar-refractivity contribution in [2.75, 3.05) is 6.61 Å². The van der Waals surface area contributed by atoms with Crippen molar-refractivity contribution in [3.63, 3.8) is 0 Å². The van der Waals surface area contributed by atoms with Gasteiger partial charge in [-0.25, -0.2) is 0 Å². The van der Waals surface area contributed by atoms with Gasteiger partial charge in [-0.2, -0.15) is 0 Å². The van der Waals surface area contributed by atoms with Crippen molar-refractivity contribution in [2.24, 2.45) is 0 Å².